The molecule has 1 saturated heterocycles. The smallest absolute Gasteiger partial charge is 0.241 e. The van der Waals surface area contributed by atoms with E-state index in [0.717, 1.165) is 41.2 Å². The molecule has 1 aliphatic heterocycles. The molecule has 1 fully saturated rings. The summed E-state index contributed by atoms with van der Waals surface area (Å²) in [7, 11) is 0. The number of hydrogen-bond donors (Lipinski definition) is 2. The zero-order chi connectivity index (χ0) is 16.1. The van der Waals surface area contributed by atoms with Gasteiger partial charge >= 0.3 is 0 Å². The molecule has 4 heteroatoms. The Hall–Kier alpha value is -2.10. The van der Waals surface area contributed by atoms with E-state index in [-0.39, 0.29) is 11.9 Å². The Labute approximate surface area is 141 Å². The summed E-state index contributed by atoms with van der Waals surface area (Å²) in [6.07, 6.45) is 5.96. The van der Waals surface area contributed by atoms with Crippen LogP contribution in [0.5, 0.6) is 0 Å². The first-order chi connectivity index (χ1) is 11.2. The maximum absolute atomic E-state index is 12.0. The van der Waals surface area contributed by atoms with Gasteiger partial charge in [-0.15, -0.1) is 0 Å². The number of rotatable bonds is 4. The van der Waals surface area contributed by atoms with Gasteiger partial charge in [0.2, 0.25) is 5.91 Å². The number of nitrogens with one attached hydrogen (secondary N) is 2. The molecular formula is C19H19ClN2O. The Kier molecular flexibility index (Phi) is 5.11. The first-order valence-corrected chi connectivity index (χ1v) is 8.17. The maximum Gasteiger partial charge on any atom is 0.241 e. The van der Waals surface area contributed by atoms with Crippen molar-refractivity contribution in [2.45, 2.75) is 18.9 Å². The quantitative estimate of drug-likeness (QED) is 0.827. The Morgan fingerprint density at radius 1 is 1.13 bits per heavy atom. The zero-order valence-corrected chi connectivity index (χ0v) is 13.5. The number of benzene rings is 2. The van der Waals surface area contributed by atoms with Crippen LogP contribution in [-0.4, -0.2) is 18.5 Å². The van der Waals surface area contributed by atoms with Crippen LogP contribution in [0.1, 0.15) is 24.0 Å². The molecule has 2 N–H and O–H groups in total. The van der Waals surface area contributed by atoms with E-state index in [4.69, 9.17) is 11.6 Å². The lowest BCUT2D eigenvalue weighted by Gasteiger charge is -2.11. The Morgan fingerprint density at radius 3 is 2.61 bits per heavy atom. The van der Waals surface area contributed by atoms with Crippen molar-refractivity contribution >= 4 is 35.3 Å². The maximum atomic E-state index is 12.0. The molecular weight excluding hydrogens is 308 g/mol. The molecule has 23 heavy (non-hydrogen) atoms. The molecule has 1 atom stereocenters. The topological polar surface area (TPSA) is 41.1 Å². The molecule has 118 valence electrons. The number of hydrogen-bond acceptors (Lipinski definition) is 2. The summed E-state index contributed by atoms with van der Waals surface area (Å²) in [5.74, 6) is 0.0434. The third-order valence-electron chi connectivity index (χ3n) is 3.92. The molecule has 0 aliphatic carbocycles. The second-order valence-corrected chi connectivity index (χ2v) is 6.02. The normalized spacial score (nSPS) is 17.5. The Bertz CT molecular complexity index is 704. The van der Waals surface area contributed by atoms with Crippen LogP contribution in [0, 0.1) is 0 Å². The van der Waals surface area contributed by atoms with E-state index in [2.05, 4.69) is 10.6 Å². The van der Waals surface area contributed by atoms with Gasteiger partial charge in [0.1, 0.15) is 0 Å². The number of amides is 1. The Morgan fingerprint density at radius 2 is 1.91 bits per heavy atom. The van der Waals surface area contributed by atoms with Crippen LogP contribution in [0.15, 0.2) is 48.5 Å². The molecule has 1 unspecified atom stereocenters. The van der Waals surface area contributed by atoms with E-state index >= 15 is 0 Å². The van der Waals surface area contributed by atoms with Gasteiger partial charge in [-0.3, -0.25) is 4.79 Å². The lowest BCUT2D eigenvalue weighted by Crippen LogP contribution is -2.35. The number of halogens is 1. The lowest BCUT2D eigenvalue weighted by molar-refractivity contribution is -0.117. The van der Waals surface area contributed by atoms with E-state index in [1.165, 1.54) is 0 Å². The summed E-state index contributed by atoms with van der Waals surface area (Å²) in [4.78, 5) is 12.0. The summed E-state index contributed by atoms with van der Waals surface area (Å²) >= 11 is 6.13. The molecule has 2 aromatic carbocycles. The van der Waals surface area contributed by atoms with Gasteiger partial charge < -0.3 is 10.6 Å². The standard InChI is InChI=1S/C19H19ClN2O/c20-17-5-2-1-4-15(17)10-7-14-8-11-16(12-9-14)22-19(23)18-6-3-13-21-18/h1-2,4-5,7-12,18,21H,3,6,13H2,(H,22,23)/b10-7+. The number of carbonyl (C=O) groups is 1. The van der Waals surface area contributed by atoms with Crippen LogP contribution in [0.3, 0.4) is 0 Å². The fraction of sp³-hybridized carbons (Fsp3) is 0.211. The summed E-state index contributed by atoms with van der Waals surface area (Å²) < 4.78 is 0. The molecule has 1 amide bonds. The van der Waals surface area contributed by atoms with Crippen LogP contribution in [0.25, 0.3) is 12.2 Å². The van der Waals surface area contributed by atoms with Gasteiger partial charge in [0, 0.05) is 10.7 Å². The minimum atomic E-state index is -0.0604. The molecule has 2 aromatic rings. The monoisotopic (exact) mass is 326 g/mol. The highest BCUT2D eigenvalue weighted by atomic mass is 35.5. The highest BCUT2D eigenvalue weighted by Gasteiger charge is 2.21. The molecule has 0 bridgehead atoms. The zero-order valence-electron chi connectivity index (χ0n) is 12.8. The Balaban J connectivity index is 1.63. The van der Waals surface area contributed by atoms with Gasteiger partial charge in [-0.25, -0.2) is 0 Å². The number of anilines is 1. The van der Waals surface area contributed by atoms with E-state index in [9.17, 15) is 4.79 Å². The van der Waals surface area contributed by atoms with Crippen LogP contribution in [-0.2, 0) is 4.79 Å². The van der Waals surface area contributed by atoms with Crippen LogP contribution >= 0.6 is 11.6 Å². The van der Waals surface area contributed by atoms with Crippen LogP contribution in [0.2, 0.25) is 5.02 Å². The molecule has 0 spiro atoms. The van der Waals surface area contributed by atoms with Crippen molar-refractivity contribution in [2.24, 2.45) is 0 Å². The van der Waals surface area contributed by atoms with E-state index in [0.29, 0.717) is 0 Å². The predicted octanol–water partition coefficient (Wildman–Crippen LogP) is 4.20. The summed E-state index contributed by atoms with van der Waals surface area (Å²) in [5, 5.41) is 6.88. The summed E-state index contributed by atoms with van der Waals surface area (Å²) in [6.45, 7) is 0.921. The molecule has 0 radical (unpaired) electrons. The largest absolute Gasteiger partial charge is 0.325 e. The molecule has 3 rings (SSSR count). The van der Waals surface area contributed by atoms with Crippen molar-refractivity contribution in [3.63, 3.8) is 0 Å². The predicted molar refractivity (Wildman–Crippen MR) is 96.5 cm³/mol. The van der Waals surface area contributed by atoms with Crippen molar-refractivity contribution in [2.75, 3.05) is 11.9 Å². The lowest BCUT2D eigenvalue weighted by atomic mass is 10.1. The van der Waals surface area contributed by atoms with E-state index < -0.39 is 0 Å². The third kappa shape index (κ3) is 4.21. The second-order valence-electron chi connectivity index (χ2n) is 5.62. The molecule has 0 aromatic heterocycles. The minimum absolute atomic E-state index is 0.0434. The van der Waals surface area contributed by atoms with Gasteiger partial charge in [-0.1, -0.05) is 54.1 Å². The summed E-state index contributed by atoms with van der Waals surface area (Å²) in [6, 6.07) is 15.4. The van der Waals surface area contributed by atoms with E-state index in [1.54, 1.807) is 0 Å². The molecule has 0 saturated carbocycles. The van der Waals surface area contributed by atoms with Crippen LogP contribution < -0.4 is 10.6 Å². The van der Waals surface area contributed by atoms with Crippen molar-refractivity contribution in [1.82, 2.24) is 5.32 Å². The SMILES string of the molecule is O=C(Nc1ccc(/C=C/c2ccccc2Cl)cc1)C1CCCN1. The number of carbonyl (C=O) groups excluding carboxylic acids is 1. The van der Waals surface area contributed by atoms with Crippen molar-refractivity contribution in [3.8, 4) is 0 Å². The van der Waals surface area contributed by atoms with Gasteiger partial charge in [-0.2, -0.15) is 0 Å². The van der Waals surface area contributed by atoms with Gasteiger partial charge in [0.25, 0.3) is 0 Å². The fourth-order valence-electron chi connectivity index (χ4n) is 2.61. The van der Waals surface area contributed by atoms with Crippen molar-refractivity contribution < 1.29 is 4.79 Å². The van der Waals surface area contributed by atoms with Gasteiger partial charge in [-0.05, 0) is 48.7 Å². The van der Waals surface area contributed by atoms with Gasteiger partial charge in [0.05, 0.1) is 6.04 Å². The highest BCUT2D eigenvalue weighted by Crippen LogP contribution is 2.19. The third-order valence-corrected chi connectivity index (χ3v) is 4.26. The molecule has 3 nitrogen and oxygen atoms in total. The summed E-state index contributed by atoms with van der Waals surface area (Å²) in [5.41, 5.74) is 2.86. The van der Waals surface area contributed by atoms with E-state index in [1.807, 2.05) is 60.7 Å². The molecule has 1 heterocycles. The molecule has 1 aliphatic rings. The van der Waals surface area contributed by atoms with Crippen molar-refractivity contribution in [1.29, 1.82) is 0 Å². The average molecular weight is 327 g/mol. The van der Waals surface area contributed by atoms with Crippen molar-refractivity contribution in [3.05, 3.63) is 64.7 Å². The first-order valence-electron chi connectivity index (χ1n) is 7.79. The minimum Gasteiger partial charge on any atom is -0.325 e. The fourth-order valence-corrected chi connectivity index (χ4v) is 2.81. The van der Waals surface area contributed by atoms with Crippen LogP contribution in [0.4, 0.5) is 5.69 Å². The van der Waals surface area contributed by atoms with Gasteiger partial charge in [0.15, 0.2) is 0 Å². The average Bonchev–Trinajstić information content (AvgIpc) is 3.10. The second kappa shape index (κ2) is 7.44. The highest BCUT2D eigenvalue weighted by molar-refractivity contribution is 6.32. The first kappa shape index (κ1) is 15.8.